The minimum absolute atomic E-state index is 0.0115. The molecule has 1 saturated heterocycles. The molecule has 1 amide bonds. The van der Waals surface area contributed by atoms with Gasteiger partial charge < -0.3 is 5.32 Å². The molecule has 21 heavy (non-hydrogen) atoms. The third-order valence-electron chi connectivity index (χ3n) is 3.63. The third-order valence-corrected chi connectivity index (χ3v) is 5.59. The molecule has 0 bridgehead atoms. The average molecular weight is 328 g/mol. The summed E-state index contributed by atoms with van der Waals surface area (Å²) in [5, 5.41) is 7.92. The lowest BCUT2D eigenvalue weighted by Crippen LogP contribution is -2.20. The van der Waals surface area contributed by atoms with Crippen LogP contribution in [0.2, 0.25) is 0 Å². The number of sulfonamides is 1. The number of primary sulfonamides is 1. The van der Waals surface area contributed by atoms with Crippen LogP contribution in [-0.2, 0) is 14.8 Å². The second kappa shape index (κ2) is 6.81. The van der Waals surface area contributed by atoms with E-state index in [1.165, 1.54) is 12.1 Å². The summed E-state index contributed by atoms with van der Waals surface area (Å²) in [7, 11) is -3.76. The molecule has 1 aliphatic rings. The zero-order valence-electron chi connectivity index (χ0n) is 12.0. The molecule has 7 heteroatoms. The number of benzene rings is 1. The number of rotatable bonds is 4. The topological polar surface area (TPSA) is 89.3 Å². The zero-order valence-corrected chi connectivity index (χ0v) is 13.6. The molecule has 2 rings (SSSR count). The highest BCUT2D eigenvalue weighted by molar-refractivity contribution is 7.99. The van der Waals surface area contributed by atoms with Crippen molar-refractivity contribution in [1.29, 1.82) is 0 Å². The summed E-state index contributed by atoms with van der Waals surface area (Å²) in [6.45, 7) is 1.82. The average Bonchev–Trinajstić information content (AvgIpc) is 2.41. The largest absolute Gasteiger partial charge is 0.326 e. The Balaban J connectivity index is 2.06. The van der Waals surface area contributed by atoms with Gasteiger partial charge in [-0.2, -0.15) is 11.8 Å². The number of amides is 1. The van der Waals surface area contributed by atoms with Gasteiger partial charge in [0.25, 0.3) is 0 Å². The molecule has 3 N–H and O–H groups in total. The molecule has 1 fully saturated rings. The monoisotopic (exact) mass is 328 g/mol. The Morgan fingerprint density at radius 2 is 2.05 bits per heavy atom. The predicted molar refractivity (Wildman–Crippen MR) is 85.8 cm³/mol. The van der Waals surface area contributed by atoms with Crippen LogP contribution in [0.4, 0.5) is 5.69 Å². The van der Waals surface area contributed by atoms with E-state index in [1.807, 2.05) is 18.7 Å². The molecule has 1 heterocycles. The minimum atomic E-state index is -3.76. The van der Waals surface area contributed by atoms with Gasteiger partial charge in [0.2, 0.25) is 15.9 Å². The Labute approximate surface area is 129 Å². The number of thioether (sulfide) groups is 1. The van der Waals surface area contributed by atoms with Crippen molar-refractivity contribution in [2.75, 3.05) is 16.8 Å². The number of anilines is 1. The van der Waals surface area contributed by atoms with Crippen molar-refractivity contribution >= 4 is 33.4 Å². The molecule has 0 spiro atoms. The van der Waals surface area contributed by atoms with Crippen LogP contribution in [0.3, 0.4) is 0 Å². The number of nitrogens with two attached hydrogens (primary N) is 1. The lowest BCUT2D eigenvalue weighted by molar-refractivity contribution is -0.117. The summed E-state index contributed by atoms with van der Waals surface area (Å²) < 4.78 is 22.7. The van der Waals surface area contributed by atoms with Gasteiger partial charge in [-0.25, -0.2) is 13.6 Å². The molecule has 0 saturated carbocycles. The summed E-state index contributed by atoms with van der Waals surface area (Å²) in [6.07, 6.45) is 2.61. The van der Waals surface area contributed by atoms with Gasteiger partial charge >= 0.3 is 0 Å². The molecule has 5 nitrogen and oxygen atoms in total. The molecule has 0 unspecified atom stereocenters. The molecular formula is C14H20N2O3S2. The van der Waals surface area contributed by atoms with E-state index in [-0.39, 0.29) is 10.8 Å². The Bertz CT molecular complexity index is 623. The van der Waals surface area contributed by atoms with Gasteiger partial charge in [0.05, 0.1) is 4.90 Å². The smallest absolute Gasteiger partial charge is 0.238 e. The number of hydrogen-bond acceptors (Lipinski definition) is 4. The van der Waals surface area contributed by atoms with Gasteiger partial charge in [-0.05, 0) is 54.9 Å². The lowest BCUT2D eigenvalue weighted by atomic mass is 9.98. The summed E-state index contributed by atoms with van der Waals surface area (Å²) in [4.78, 5) is 12.1. The van der Waals surface area contributed by atoms with Crippen LogP contribution in [0.5, 0.6) is 0 Å². The molecule has 0 atom stereocenters. The fourth-order valence-corrected chi connectivity index (χ4v) is 4.07. The van der Waals surface area contributed by atoms with Gasteiger partial charge in [0.15, 0.2) is 0 Å². The van der Waals surface area contributed by atoms with E-state index in [1.54, 1.807) is 6.07 Å². The number of aryl methyl sites for hydroxylation is 1. The second-order valence-electron chi connectivity index (χ2n) is 5.33. The summed E-state index contributed by atoms with van der Waals surface area (Å²) in [5.74, 6) is 2.57. The van der Waals surface area contributed by atoms with Gasteiger partial charge in [-0.1, -0.05) is 6.07 Å². The van der Waals surface area contributed by atoms with Crippen LogP contribution < -0.4 is 10.5 Å². The summed E-state index contributed by atoms with van der Waals surface area (Å²) in [5.41, 5.74) is 1.33. The van der Waals surface area contributed by atoms with Crippen molar-refractivity contribution in [3.63, 3.8) is 0 Å². The molecule has 1 aliphatic heterocycles. The van der Waals surface area contributed by atoms with Crippen molar-refractivity contribution < 1.29 is 13.2 Å². The first-order valence-corrected chi connectivity index (χ1v) is 9.57. The highest BCUT2D eigenvalue weighted by atomic mass is 32.2. The predicted octanol–water partition coefficient (Wildman–Crippen LogP) is 2.11. The normalized spacial score (nSPS) is 16.7. The Hall–Kier alpha value is -1.05. The molecule has 0 aromatic heterocycles. The quantitative estimate of drug-likeness (QED) is 0.886. The standard InChI is InChI=1S/C14H20N2O3S2/c1-10-2-3-12(21(15,18)19)9-13(10)16-14(17)8-11-4-6-20-7-5-11/h2-3,9,11H,4-8H2,1H3,(H,16,17)(H2,15,18,19). The van der Waals surface area contributed by atoms with Crippen LogP contribution in [-0.4, -0.2) is 25.8 Å². The molecule has 1 aromatic rings. The first-order valence-electron chi connectivity index (χ1n) is 6.87. The lowest BCUT2D eigenvalue weighted by Gasteiger charge is -2.21. The highest BCUT2D eigenvalue weighted by Gasteiger charge is 2.18. The van der Waals surface area contributed by atoms with Crippen LogP contribution >= 0.6 is 11.8 Å². The second-order valence-corrected chi connectivity index (χ2v) is 8.12. The zero-order chi connectivity index (χ0) is 15.5. The van der Waals surface area contributed by atoms with Gasteiger partial charge in [0, 0.05) is 12.1 Å². The van der Waals surface area contributed by atoms with Crippen molar-refractivity contribution in [1.82, 2.24) is 0 Å². The summed E-state index contributed by atoms with van der Waals surface area (Å²) >= 11 is 1.92. The van der Waals surface area contributed by atoms with E-state index < -0.39 is 10.0 Å². The van der Waals surface area contributed by atoms with Crippen molar-refractivity contribution in [2.24, 2.45) is 11.1 Å². The first kappa shape index (κ1) is 16.3. The molecule has 0 aliphatic carbocycles. The minimum Gasteiger partial charge on any atom is -0.326 e. The number of carbonyl (C=O) groups is 1. The third kappa shape index (κ3) is 4.72. The number of nitrogens with one attached hydrogen (secondary N) is 1. The van der Waals surface area contributed by atoms with Crippen LogP contribution in [0.15, 0.2) is 23.1 Å². The maximum absolute atomic E-state index is 12.1. The Kier molecular flexibility index (Phi) is 5.29. The van der Waals surface area contributed by atoms with Crippen LogP contribution in [0.1, 0.15) is 24.8 Å². The Morgan fingerprint density at radius 1 is 1.38 bits per heavy atom. The number of hydrogen-bond donors (Lipinski definition) is 2. The summed E-state index contributed by atoms with van der Waals surface area (Å²) in [6, 6.07) is 4.50. The SMILES string of the molecule is Cc1ccc(S(N)(=O)=O)cc1NC(=O)CC1CCSCC1. The molecule has 116 valence electrons. The van der Waals surface area contributed by atoms with E-state index >= 15 is 0 Å². The van der Waals surface area contributed by atoms with Gasteiger partial charge in [-0.15, -0.1) is 0 Å². The Morgan fingerprint density at radius 3 is 2.67 bits per heavy atom. The van der Waals surface area contributed by atoms with Crippen LogP contribution in [0, 0.1) is 12.8 Å². The number of carbonyl (C=O) groups excluding carboxylic acids is 1. The van der Waals surface area contributed by atoms with E-state index in [9.17, 15) is 13.2 Å². The van der Waals surface area contributed by atoms with Crippen LogP contribution in [0.25, 0.3) is 0 Å². The van der Waals surface area contributed by atoms with Crippen molar-refractivity contribution in [3.8, 4) is 0 Å². The maximum Gasteiger partial charge on any atom is 0.238 e. The van der Waals surface area contributed by atoms with Crippen molar-refractivity contribution in [2.45, 2.75) is 31.1 Å². The van der Waals surface area contributed by atoms with Gasteiger partial charge in [-0.3, -0.25) is 4.79 Å². The first-order chi connectivity index (χ1) is 9.86. The van der Waals surface area contributed by atoms with Gasteiger partial charge in [0.1, 0.15) is 0 Å². The van der Waals surface area contributed by atoms with E-state index in [2.05, 4.69) is 5.32 Å². The fourth-order valence-electron chi connectivity index (χ4n) is 2.33. The van der Waals surface area contributed by atoms with E-state index in [0.717, 1.165) is 29.9 Å². The van der Waals surface area contributed by atoms with E-state index in [4.69, 9.17) is 5.14 Å². The molecular weight excluding hydrogens is 308 g/mol. The van der Waals surface area contributed by atoms with Crippen molar-refractivity contribution in [3.05, 3.63) is 23.8 Å². The maximum atomic E-state index is 12.1. The van der Waals surface area contributed by atoms with E-state index in [0.29, 0.717) is 18.0 Å². The molecule has 0 radical (unpaired) electrons. The molecule has 1 aromatic carbocycles. The fraction of sp³-hybridized carbons (Fsp3) is 0.500. The highest BCUT2D eigenvalue weighted by Crippen LogP contribution is 2.26.